The van der Waals surface area contributed by atoms with Crippen molar-refractivity contribution in [2.24, 2.45) is 5.92 Å². The summed E-state index contributed by atoms with van der Waals surface area (Å²) in [6.07, 6.45) is 3.85. The van der Waals surface area contributed by atoms with E-state index in [2.05, 4.69) is 18.8 Å². The van der Waals surface area contributed by atoms with Gasteiger partial charge in [-0.1, -0.05) is 20.3 Å². The molecule has 0 aliphatic heterocycles. The zero-order valence-corrected chi connectivity index (χ0v) is 9.69. The molecule has 1 aliphatic rings. The summed E-state index contributed by atoms with van der Waals surface area (Å²) in [5.74, 6) is 0.437. The number of aromatic carboxylic acids is 1. The van der Waals surface area contributed by atoms with Crippen molar-refractivity contribution >= 4 is 5.97 Å². The first-order chi connectivity index (χ1) is 7.61. The Morgan fingerprint density at radius 1 is 1.62 bits per heavy atom. The summed E-state index contributed by atoms with van der Waals surface area (Å²) < 4.78 is 5.34. The minimum absolute atomic E-state index is 0.0563. The summed E-state index contributed by atoms with van der Waals surface area (Å²) in [6.45, 7) is 4.22. The van der Waals surface area contributed by atoms with Crippen LogP contribution in [0, 0.1) is 5.92 Å². The SMILES string of the molecule is CCC(C)Cc1nc(C2CC2)c(C(=O)O)o1. The highest BCUT2D eigenvalue weighted by Gasteiger charge is 2.33. The van der Waals surface area contributed by atoms with E-state index in [-0.39, 0.29) is 5.76 Å². The van der Waals surface area contributed by atoms with Crippen LogP contribution in [0.1, 0.15) is 61.2 Å². The highest BCUT2D eigenvalue weighted by molar-refractivity contribution is 5.85. The standard InChI is InChI=1S/C12H17NO3/c1-3-7(2)6-9-13-10(8-4-5-8)11(16-9)12(14)15/h7-8H,3-6H2,1-2H3,(H,14,15). The highest BCUT2D eigenvalue weighted by Crippen LogP contribution is 2.41. The minimum atomic E-state index is -0.996. The lowest BCUT2D eigenvalue weighted by Crippen LogP contribution is -1.98. The second-order valence-corrected chi connectivity index (χ2v) is 4.62. The molecule has 1 aliphatic carbocycles. The molecule has 1 aromatic heterocycles. The molecule has 2 rings (SSSR count). The number of carboxylic acids is 1. The molecule has 0 spiro atoms. The van der Waals surface area contributed by atoms with Gasteiger partial charge < -0.3 is 9.52 Å². The van der Waals surface area contributed by atoms with E-state index in [9.17, 15) is 4.79 Å². The molecule has 4 nitrogen and oxygen atoms in total. The number of hydrogen-bond donors (Lipinski definition) is 1. The lowest BCUT2D eigenvalue weighted by atomic mass is 10.1. The average Bonchev–Trinajstić information content (AvgIpc) is 3.00. The zero-order chi connectivity index (χ0) is 11.7. The van der Waals surface area contributed by atoms with Crippen LogP contribution >= 0.6 is 0 Å². The van der Waals surface area contributed by atoms with E-state index < -0.39 is 5.97 Å². The molecule has 1 atom stereocenters. The van der Waals surface area contributed by atoms with Gasteiger partial charge in [0.1, 0.15) is 0 Å². The van der Waals surface area contributed by atoms with Gasteiger partial charge in [-0.2, -0.15) is 0 Å². The van der Waals surface area contributed by atoms with Crippen molar-refractivity contribution in [1.82, 2.24) is 4.98 Å². The molecule has 1 fully saturated rings. The van der Waals surface area contributed by atoms with Crippen LogP contribution < -0.4 is 0 Å². The molecule has 0 saturated heterocycles. The van der Waals surface area contributed by atoms with Crippen LogP contribution in [0.3, 0.4) is 0 Å². The highest BCUT2D eigenvalue weighted by atomic mass is 16.4. The number of carbonyl (C=O) groups is 1. The fourth-order valence-corrected chi connectivity index (χ4v) is 1.69. The number of carboxylic acid groups (broad SMARTS) is 1. The third-order valence-electron chi connectivity index (χ3n) is 3.08. The van der Waals surface area contributed by atoms with Crippen LogP contribution in [0.2, 0.25) is 0 Å². The molecule has 16 heavy (non-hydrogen) atoms. The predicted octanol–water partition coefficient (Wildman–Crippen LogP) is 2.84. The Balaban J connectivity index is 2.20. The van der Waals surface area contributed by atoms with Gasteiger partial charge in [-0.25, -0.2) is 9.78 Å². The summed E-state index contributed by atoms with van der Waals surface area (Å²) in [4.78, 5) is 15.3. The van der Waals surface area contributed by atoms with E-state index in [0.717, 1.165) is 25.7 Å². The van der Waals surface area contributed by atoms with Crippen molar-refractivity contribution in [3.05, 3.63) is 17.3 Å². The van der Waals surface area contributed by atoms with Crippen LogP contribution in [-0.4, -0.2) is 16.1 Å². The lowest BCUT2D eigenvalue weighted by molar-refractivity contribution is 0.0658. The van der Waals surface area contributed by atoms with E-state index in [1.807, 2.05) is 0 Å². The van der Waals surface area contributed by atoms with Crippen LogP contribution in [0.5, 0.6) is 0 Å². The number of rotatable bonds is 5. The number of nitrogens with zero attached hydrogens (tertiary/aromatic N) is 1. The van der Waals surface area contributed by atoms with E-state index in [1.54, 1.807) is 0 Å². The Morgan fingerprint density at radius 2 is 2.31 bits per heavy atom. The smallest absolute Gasteiger partial charge is 0.373 e. The summed E-state index contributed by atoms with van der Waals surface area (Å²) in [6, 6.07) is 0. The first kappa shape index (κ1) is 11.2. The molecule has 1 N–H and O–H groups in total. The van der Waals surface area contributed by atoms with Gasteiger partial charge in [0.05, 0.1) is 5.69 Å². The molecule has 1 unspecified atom stereocenters. The molecule has 0 amide bonds. The maximum Gasteiger partial charge on any atom is 0.373 e. The molecule has 4 heteroatoms. The molecule has 1 aromatic rings. The Labute approximate surface area is 94.7 Å². The van der Waals surface area contributed by atoms with E-state index in [0.29, 0.717) is 23.4 Å². The predicted molar refractivity (Wildman–Crippen MR) is 58.6 cm³/mol. The fourth-order valence-electron chi connectivity index (χ4n) is 1.69. The summed E-state index contributed by atoms with van der Waals surface area (Å²) in [5.41, 5.74) is 0.658. The van der Waals surface area contributed by atoms with Crippen LogP contribution in [0.15, 0.2) is 4.42 Å². The Bertz CT molecular complexity index is 393. The van der Waals surface area contributed by atoms with Gasteiger partial charge in [-0.15, -0.1) is 0 Å². The second kappa shape index (κ2) is 4.28. The van der Waals surface area contributed by atoms with Crippen LogP contribution in [0.4, 0.5) is 0 Å². The normalized spacial score (nSPS) is 17.4. The summed E-state index contributed by atoms with van der Waals surface area (Å²) in [5, 5.41) is 9.01. The molecule has 0 radical (unpaired) electrons. The molecule has 0 aromatic carbocycles. The molecule has 0 bridgehead atoms. The molecular weight excluding hydrogens is 206 g/mol. The number of aromatic nitrogens is 1. The lowest BCUT2D eigenvalue weighted by Gasteiger charge is -2.02. The quantitative estimate of drug-likeness (QED) is 0.833. The van der Waals surface area contributed by atoms with Gasteiger partial charge in [0.25, 0.3) is 0 Å². The van der Waals surface area contributed by atoms with Crippen molar-refractivity contribution in [3.8, 4) is 0 Å². The van der Waals surface area contributed by atoms with E-state index in [4.69, 9.17) is 9.52 Å². The van der Waals surface area contributed by atoms with E-state index in [1.165, 1.54) is 0 Å². The number of hydrogen-bond acceptors (Lipinski definition) is 3. The van der Waals surface area contributed by atoms with Gasteiger partial charge in [0, 0.05) is 12.3 Å². The topological polar surface area (TPSA) is 63.3 Å². The van der Waals surface area contributed by atoms with Crippen molar-refractivity contribution in [2.75, 3.05) is 0 Å². The third kappa shape index (κ3) is 2.26. The van der Waals surface area contributed by atoms with Gasteiger partial charge >= 0.3 is 5.97 Å². The second-order valence-electron chi connectivity index (χ2n) is 4.62. The minimum Gasteiger partial charge on any atom is -0.475 e. The van der Waals surface area contributed by atoms with Crippen molar-refractivity contribution in [1.29, 1.82) is 0 Å². The Kier molecular flexibility index (Phi) is 2.99. The summed E-state index contributed by atoms with van der Waals surface area (Å²) in [7, 11) is 0. The maximum absolute atomic E-state index is 11.0. The van der Waals surface area contributed by atoms with Crippen LogP contribution in [-0.2, 0) is 6.42 Å². The third-order valence-corrected chi connectivity index (χ3v) is 3.08. The zero-order valence-electron chi connectivity index (χ0n) is 9.69. The van der Waals surface area contributed by atoms with Gasteiger partial charge in [-0.3, -0.25) is 0 Å². The molecule has 1 heterocycles. The number of oxazole rings is 1. The molecule has 88 valence electrons. The Morgan fingerprint density at radius 3 is 2.81 bits per heavy atom. The summed E-state index contributed by atoms with van der Waals surface area (Å²) >= 11 is 0. The van der Waals surface area contributed by atoms with Crippen molar-refractivity contribution in [2.45, 2.75) is 45.4 Å². The largest absolute Gasteiger partial charge is 0.475 e. The first-order valence-electron chi connectivity index (χ1n) is 5.84. The van der Waals surface area contributed by atoms with Crippen molar-refractivity contribution < 1.29 is 14.3 Å². The van der Waals surface area contributed by atoms with Gasteiger partial charge in [-0.05, 0) is 18.8 Å². The maximum atomic E-state index is 11.0. The molecular formula is C12H17NO3. The monoisotopic (exact) mass is 223 g/mol. The Hall–Kier alpha value is -1.32. The average molecular weight is 223 g/mol. The van der Waals surface area contributed by atoms with Crippen LogP contribution in [0.25, 0.3) is 0 Å². The van der Waals surface area contributed by atoms with E-state index >= 15 is 0 Å². The first-order valence-corrected chi connectivity index (χ1v) is 5.84. The van der Waals surface area contributed by atoms with Gasteiger partial charge in [0.2, 0.25) is 5.76 Å². The molecule has 1 saturated carbocycles. The fraction of sp³-hybridized carbons (Fsp3) is 0.667. The van der Waals surface area contributed by atoms with Gasteiger partial charge in [0.15, 0.2) is 5.89 Å². The van der Waals surface area contributed by atoms with Crippen molar-refractivity contribution in [3.63, 3.8) is 0 Å².